The number of hydrogen-bond donors (Lipinski definition) is 0. The number of ether oxygens (including phenoxy) is 1. The number of nitrogens with zero attached hydrogens (tertiary/aromatic N) is 2. The molecular weight excluding hydrogens is 296 g/mol. The van der Waals surface area contributed by atoms with Crippen LogP contribution < -0.4 is 4.74 Å². The number of aromatic nitrogens is 2. The van der Waals surface area contributed by atoms with Gasteiger partial charge < -0.3 is 9.26 Å². The summed E-state index contributed by atoms with van der Waals surface area (Å²) in [6.45, 7) is 1.85. The SMILES string of the molecule is CC(Oc1cccc(Cl)c1)c1nc(-c2cccs2)no1. The summed E-state index contributed by atoms with van der Waals surface area (Å²) >= 11 is 7.48. The van der Waals surface area contributed by atoms with Gasteiger partial charge in [-0.1, -0.05) is 28.9 Å². The highest BCUT2D eigenvalue weighted by Gasteiger charge is 2.17. The van der Waals surface area contributed by atoms with Gasteiger partial charge in [0.2, 0.25) is 5.82 Å². The summed E-state index contributed by atoms with van der Waals surface area (Å²) in [7, 11) is 0. The molecule has 2 heterocycles. The van der Waals surface area contributed by atoms with Crippen molar-refractivity contribution in [2.24, 2.45) is 0 Å². The molecule has 4 nitrogen and oxygen atoms in total. The van der Waals surface area contributed by atoms with Gasteiger partial charge in [0.1, 0.15) is 5.75 Å². The van der Waals surface area contributed by atoms with E-state index in [9.17, 15) is 0 Å². The smallest absolute Gasteiger partial charge is 0.267 e. The lowest BCUT2D eigenvalue weighted by Gasteiger charge is -2.10. The summed E-state index contributed by atoms with van der Waals surface area (Å²) in [4.78, 5) is 5.31. The molecule has 0 amide bonds. The Kier molecular flexibility index (Phi) is 3.71. The van der Waals surface area contributed by atoms with E-state index in [1.807, 2.05) is 36.6 Å². The maximum Gasteiger partial charge on any atom is 0.267 e. The first-order valence-corrected chi connectivity index (χ1v) is 7.28. The van der Waals surface area contributed by atoms with Crippen molar-refractivity contribution >= 4 is 22.9 Å². The summed E-state index contributed by atoms with van der Waals surface area (Å²) in [5, 5.41) is 6.55. The zero-order valence-corrected chi connectivity index (χ0v) is 12.2. The van der Waals surface area contributed by atoms with Crippen LogP contribution in [0.3, 0.4) is 0 Å². The van der Waals surface area contributed by atoms with Crippen molar-refractivity contribution in [2.75, 3.05) is 0 Å². The van der Waals surface area contributed by atoms with Crippen molar-refractivity contribution in [1.29, 1.82) is 0 Å². The van der Waals surface area contributed by atoms with Crippen LogP contribution in [0, 0.1) is 0 Å². The summed E-state index contributed by atoms with van der Waals surface area (Å²) in [6.07, 6.45) is -0.338. The summed E-state index contributed by atoms with van der Waals surface area (Å²) in [5.41, 5.74) is 0. The highest BCUT2D eigenvalue weighted by Crippen LogP contribution is 2.26. The fourth-order valence-electron chi connectivity index (χ4n) is 1.70. The van der Waals surface area contributed by atoms with E-state index in [1.165, 1.54) is 0 Å². The minimum atomic E-state index is -0.338. The third kappa shape index (κ3) is 2.84. The third-order valence-electron chi connectivity index (χ3n) is 2.64. The summed E-state index contributed by atoms with van der Waals surface area (Å²) in [6, 6.07) is 11.1. The van der Waals surface area contributed by atoms with E-state index in [2.05, 4.69) is 10.1 Å². The second kappa shape index (κ2) is 5.64. The zero-order chi connectivity index (χ0) is 13.9. The van der Waals surface area contributed by atoms with Crippen molar-refractivity contribution in [1.82, 2.24) is 10.1 Å². The number of thiophene rings is 1. The van der Waals surface area contributed by atoms with Gasteiger partial charge in [-0.25, -0.2) is 0 Å². The normalized spacial score (nSPS) is 12.3. The van der Waals surface area contributed by atoms with Crippen LogP contribution in [0.2, 0.25) is 5.02 Å². The van der Waals surface area contributed by atoms with Crippen molar-refractivity contribution in [3.8, 4) is 16.5 Å². The molecule has 0 aliphatic heterocycles. The molecular formula is C14H11ClN2O2S. The molecule has 0 spiro atoms. The molecule has 0 saturated carbocycles. The highest BCUT2D eigenvalue weighted by molar-refractivity contribution is 7.13. The molecule has 1 aromatic carbocycles. The quantitative estimate of drug-likeness (QED) is 0.707. The van der Waals surface area contributed by atoms with Gasteiger partial charge in [-0.3, -0.25) is 0 Å². The number of halogens is 1. The van der Waals surface area contributed by atoms with Crippen molar-refractivity contribution < 1.29 is 9.26 Å². The van der Waals surface area contributed by atoms with Gasteiger partial charge in [-0.05, 0) is 36.6 Å². The molecule has 0 aliphatic rings. The number of hydrogen-bond acceptors (Lipinski definition) is 5. The Bertz CT molecular complexity index is 697. The lowest BCUT2D eigenvalue weighted by atomic mass is 10.3. The minimum absolute atomic E-state index is 0.338. The fourth-order valence-corrected chi connectivity index (χ4v) is 2.53. The monoisotopic (exact) mass is 306 g/mol. The maximum absolute atomic E-state index is 5.92. The number of benzene rings is 1. The molecule has 0 radical (unpaired) electrons. The Hall–Kier alpha value is -1.85. The van der Waals surface area contributed by atoms with Gasteiger partial charge in [0.05, 0.1) is 4.88 Å². The van der Waals surface area contributed by atoms with Gasteiger partial charge in [-0.2, -0.15) is 4.98 Å². The Labute approximate surface area is 125 Å². The van der Waals surface area contributed by atoms with Crippen LogP contribution in [-0.2, 0) is 0 Å². The van der Waals surface area contributed by atoms with E-state index in [-0.39, 0.29) is 6.10 Å². The largest absolute Gasteiger partial charge is 0.481 e. The van der Waals surface area contributed by atoms with Crippen LogP contribution in [0.5, 0.6) is 5.75 Å². The molecule has 1 atom stereocenters. The Morgan fingerprint density at radius 3 is 2.95 bits per heavy atom. The van der Waals surface area contributed by atoms with E-state index >= 15 is 0 Å². The zero-order valence-electron chi connectivity index (χ0n) is 10.6. The lowest BCUT2D eigenvalue weighted by Crippen LogP contribution is -2.03. The first kappa shape index (κ1) is 13.1. The topological polar surface area (TPSA) is 48.2 Å². The van der Waals surface area contributed by atoms with Gasteiger partial charge in [0, 0.05) is 5.02 Å². The predicted molar refractivity (Wildman–Crippen MR) is 78.1 cm³/mol. The molecule has 0 bridgehead atoms. The van der Waals surface area contributed by atoms with Crippen molar-refractivity contribution in [3.05, 3.63) is 52.7 Å². The minimum Gasteiger partial charge on any atom is -0.481 e. The maximum atomic E-state index is 5.92. The molecule has 102 valence electrons. The van der Waals surface area contributed by atoms with E-state index in [0.29, 0.717) is 22.5 Å². The van der Waals surface area contributed by atoms with Gasteiger partial charge in [0.25, 0.3) is 5.89 Å². The van der Waals surface area contributed by atoms with E-state index < -0.39 is 0 Å². The van der Waals surface area contributed by atoms with Crippen LogP contribution in [0.4, 0.5) is 0 Å². The van der Waals surface area contributed by atoms with E-state index in [4.69, 9.17) is 20.9 Å². The molecule has 0 N–H and O–H groups in total. The second-order valence-corrected chi connectivity index (χ2v) is 5.54. The van der Waals surface area contributed by atoms with Crippen LogP contribution in [0.1, 0.15) is 18.9 Å². The molecule has 3 rings (SSSR count). The summed E-state index contributed by atoms with van der Waals surface area (Å²) < 4.78 is 11.0. The average molecular weight is 307 g/mol. The molecule has 0 saturated heterocycles. The van der Waals surface area contributed by atoms with Crippen LogP contribution in [0.15, 0.2) is 46.3 Å². The van der Waals surface area contributed by atoms with Gasteiger partial charge in [-0.15, -0.1) is 11.3 Å². The van der Waals surface area contributed by atoms with Crippen LogP contribution in [-0.4, -0.2) is 10.1 Å². The fraction of sp³-hybridized carbons (Fsp3) is 0.143. The van der Waals surface area contributed by atoms with Gasteiger partial charge >= 0.3 is 0 Å². The summed E-state index contributed by atoms with van der Waals surface area (Å²) in [5.74, 6) is 1.69. The molecule has 20 heavy (non-hydrogen) atoms. The van der Waals surface area contributed by atoms with Crippen molar-refractivity contribution in [3.63, 3.8) is 0 Å². The third-order valence-corrected chi connectivity index (χ3v) is 3.74. The molecule has 6 heteroatoms. The molecule has 0 fully saturated rings. The molecule has 2 aromatic heterocycles. The van der Waals surface area contributed by atoms with E-state index in [0.717, 1.165) is 4.88 Å². The average Bonchev–Trinajstić information content (AvgIpc) is 3.10. The van der Waals surface area contributed by atoms with Crippen molar-refractivity contribution in [2.45, 2.75) is 13.0 Å². The molecule has 3 aromatic rings. The highest BCUT2D eigenvalue weighted by atomic mass is 35.5. The Morgan fingerprint density at radius 1 is 1.30 bits per heavy atom. The lowest BCUT2D eigenvalue weighted by molar-refractivity contribution is 0.176. The Morgan fingerprint density at radius 2 is 2.20 bits per heavy atom. The Balaban J connectivity index is 1.76. The molecule has 0 aliphatic carbocycles. The van der Waals surface area contributed by atoms with Crippen LogP contribution >= 0.6 is 22.9 Å². The second-order valence-electron chi connectivity index (χ2n) is 4.15. The standard InChI is InChI=1S/C14H11ClN2O2S/c1-9(18-11-5-2-4-10(15)8-11)14-16-13(17-19-14)12-6-3-7-20-12/h2-9H,1H3. The number of rotatable bonds is 4. The van der Waals surface area contributed by atoms with E-state index in [1.54, 1.807) is 23.5 Å². The molecule has 1 unspecified atom stereocenters. The first-order valence-electron chi connectivity index (χ1n) is 6.02. The van der Waals surface area contributed by atoms with Crippen LogP contribution in [0.25, 0.3) is 10.7 Å². The van der Waals surface area contributed by atoms with Gasteiger partial charge in [0.15, 0.2) is 6.10 Å². The predicted octanol–water partition coefficient (Wildman–Crippen LogP) is 4.59. The first-order chi connectivity index (χ1) is 9.72.